The third kappa shape index (κ3) is 3.45. The Kier molecular flexibility index (Phi) is 4.48. The van der Waals surface area contributed by atoms with Crippen LogP contribution in [0, 0.1) is 6.92 Å². The summed E-state index contributed by atoms with van der Waals surface area (Å²) in [5, 5.41) is 8.54. The average molecular weight is 327 g/mol. The van der Waals surface area contributed by atoms with Gasteiger partial charge in [0.25, 0.3) is 5.91 Å². The Bertz CT molecular complexity index is 785. The van der Waals surface area contributed by atoms with E-state index in [1.807, 2.05) is 42.9 Å². The van der Waals surface area contributed by atoms with Crippen LogP contribution in [-0.4, -0.2) is 21.7 Å². The number of hydrogen-bond donors (Lipinski definition) is 1. The van der Waals surface area contributed by atoms with Crippen molar-refractivity contribution in [3.05, 3.63) is 52.5 Å². The van der Waals surface area contributed by atoms with Gasteiger partial charge in [-0.2, -0.15) is 5.10 Å². The first-order valence-electron chi connectivity index (χ1n) is 7.82. The first kappa shape index (κ1) is 15.7. The van der Waals surface area contributed by atoms with E-state index in [0.29, 0.717) is 0 Å². The van der Waals surface area contributed by atoms with E-state index < -0.39 is 0 Å². The number of benzene rings is 1. The molecule has 0 aliphatic heterocycles. The van der Waals surface area contributed by atoms with E-state index in [1.54, 1.807) is 0 Å². The summed E-state index contributed by atoms with van der Waals surface area (Å²) in [4.78, 5) is 14.2. The third-order valence-electron chi connectivity index (χ3n) is 4.01. The number of fused-ring (bicyclic) bond motifs is 1. The van der Waals surface area contributed by atoms with Crippen LogP contribution in [0.15, 0.2) is 36.4 Å². The SMILES string of the molecule is Cc1nn(C)c2sc(C(=O)NC(C)CCc3ccccc3)cc12. The first-order chi connectivity index (χ1) is 11.0. The second kappa shape index (κ2) is 6.54. The lowest BCUT2D eigenvalue weighted by Gasteiger charge is -2.13. The molecule has 0 bridgehead atoms. The lowest BCUT2D eigenvalue weighted by molar-refractivity contribution is 0.0942. The van der Waals surface area contributed by atoms with Crippen LogP contribution >= 0.6 is 11.3 Å². The van der Waals surface area contributed by atoms with Gasteiger partial charge in [-0.25, -0.2) is 0 Å². The maximum absolute atomic E-state index is 12.4. The highest BCUT2D eigenvalue weighted by Gasteiger charge is 2.16. The van der Waals surface area contributed by atoms with Crippen LogP contribution in [-0.2, 0) is 13.5 Å². The smallest absolute Gasteiger partial charge is 0.261 e. The molecule has 1 aromatic carbocycles. The number of rotatable bonds is 5. The fourth-order valence-electron chi connectivity index (χ4n) is 2.71. The predicted molar refractivity (Wildman–Crippen MR) is 95.0 cm³/mol. The topological polar surface area (TPSA) is 46.9 Å². The number of aromatic nitrogens is 2. The molecule has 0 spiro atoms. The van der Waals surface area contributed by atoms with Crippen LogP contribution in [0.1, 0.15) is 34.3 Å². The molecule has 0 fully saturated rings. The second-order valence-corrected chi connectivity index (χ2v) is 6.97. The predicted octanol–water partition coefficient (Wildman–Crippen LogP) is 3.69. The highest BCUT2D eigenvalue weighted by molar-refractivity contribution is 7.20. The molecule has 1 N–H and O–H groups in total. The van der Waals surface area contributed by atoms with Gasteiger partial charge in [0.15, 0.2) is 0 Å². The lowest BCUT2D eigenvalue weighted by Crippen LogP contribution is -2.32. The Balaban J connectivity index is 1.62. The van der Waals surface area contributed by atoms with Crippen LogP contribution in [0.5, 0.6) is 0 Å². The zero-order valence-electron chi connectivity index (χ0n) is 13.7. The van der Waals surface area contributed by atoms with Gasteiger partial charge in [-0.05, 0) is 38.3 Å². The number of thiophene rings is 1. The summed E-state index contributed by atoms with van der Waals surface area (Å²) >= 11 is 1.50. The monoisotopic (exact) mass is 327 g/mol. The summed E-state index contributed by atoms with van der Waals surface area (Å²) in [6, 6.07) is 12.5. The zero-order valence-corrected chi connectivity index (χ0v) is 14.5. The molecule has 5 heteroatoms. The average Bonchev–Trinajstić information content (AvgIpc) is 3.09. The Labute approximate surface area is 140 Å². The minimum atomic E-state index is 0.00571. The number of aryl methyl sites for hydroxylation is 3. The van der Waals surface area contributed by atoms with Gasteiger partial charge in [0.1, 0.15) is 4.83 Å². The van der Waals surface area contributed by atoms with Crippen molar-refractivity contribution in [3.63, 3.8) is 0 Å². The van der Waals surface area contributed by atoms with Crippen molar-refractivity contribution in [2.45, 2.75) is 32.7 Å². The van der Waals surface area contributed by atoms with E-state index in [9.17, 15) is 4.79 Å². The molecular formula is C18H21N3OS. The van der Waals surface area contributed by atoms with Gasteiger partial charge >= 0.3 is 0 Å². The molecule has 3 aromatic rings. The fraction of sp³-hybridized carbons (Fsp3) is 0.333. The van der Waals surface area contributed by atoms with Crippen LogP contribution in [0.2, 0.25) is 0 Å². The Hall–Kier alpha value is -2.14. The molecule has 120 valence electrons. The van der Waals surface area contributed by atoms with E-state index in [2.05, 4.69) is 29.5 Å². The molecule has 4 nitrogen and oxygen atoms in total. The zero-order chi connectivity index (χ0) is 16.4. The van der Waals surface area contributed by atoms with Crippen LogP contribution in [0.3, 0.4) is 0 Å². The standard InChI is InChI=1S/C18H21N3OS/c1-12(9-10-14-7-5-4-6-8-14)19-17(22)16-11-15-13(2)20-21(3)18(15)23-16/h4-8,11-12H,9-10H2,1-3H3,(H,19,22). The van der Waals surface area contributed by atoms with E-state index in [4.69, 9.17) is 0 Å². The lowest BCUT2D eigenvalue weighted by atomic mass is 10.1. The number of amides is 1. The van der Waals surface area contributed by atoms with Gasteiger partial charge < -0.3 is 5.32 Å². The molecule has 0 saturated heterocycles. The number of carbonyl (C=O) groups excluding carboxylic acids is 1. The van der Waals surface area contributed by atoms with Gasteiger partial charge in [0.05, 0.1) is 10.6 Å². The third-order valence-corrected chi connectivity index (χ3v) is 5.21. The molecule has 1 unspecified atom stereocenters. The summed E-state index contributed by atoms with van der Waals surface area (Å²) < 4.78 is 1.84. The Morgan fingerprint density at radius 2 is 2.09 bits per heavy atom. The molecule has 0 aliphatic rings. The van der Waals surface area contributed by atoms with Crippen molar-refractivity contribution in [1.82, 2.24) is 15.1 Å². The summed E-state index contributed by atoms with van der Waals surface area (Å²) in [6.07, 6.45) is 1.90. The van der Waals surface area contributed by atoms with E-state index in [0.717, 1.165) is 33.6 Å². The number of nitrogens with one attached hydrogen (secondary N) is 1. The van der Waals surface area contributed by atoms with Gasteiger partial charge in [-0.15, -0.1) is 11.3 Å². The number of carbonyl (C=O) groups is 1. The normalized spacial score (nSPS) is 12.5. The minimum Gasteiger partial charge on any atom is -0.349 e. The van der Waals surface area contributed by atoms with Crippen molar-refractivity contribution < 1.29 is 4.79 Å². The molecule has 2 aromatic heterocycles. The van der Waals surface area contributed by atoms with Crippen LogP contribution < -0.4 is 5.32 Å². The van der Waals surface area contributed by atoms with Crippen molar-refractivity contribution in [2.75, 3.05) is 0 Å². The molecule has 1 amide bonds. The highest BCUT2D eigenvalue weighted by Crippen LogP contribution is 2.27. The van der Waals surface area contributed by atoms with E-state index >= 15 is 0 Å². The van der Waals surface area contributed by atoms with Gasteiger partial charge in [0.2, 0.25) is 0 Å². The van der Waals surface area contributed by atoms with Crippen LogP contribution in [0.4, 0.5) is 0 Å². The molecule has 2 heterocycles. The van der Waals surface area contributed by atoms with Crippen molar-refractivity contribution in [3.8, 4) is 0 Å². The van der Waals surface area contributed by atoms with Gasteiger partial charge in [-0.1, -0.05) is 30.3 Å². The summed E-state index contributed by atoms with van der Waals surface area (Å²) in [5.41, 5.74) is 2.27. The van der Waals surface area contributed by atoms with Crippen LogP contribution in [0.25, 0.3) is 10.2 Å². The molecule has 0 aliphatic carbocycles. The second-order valence-electron chi connectivity index (χ2n) is 5.94. The summed E-state index contributed by atoms with van der Waals surface area (Å²) in [6.45, 7) is 4.03. The maximum Gasteiger partial charge on any atom is 0.261 e. The molecular weight excluding hydrogens is 306 g/mol. The van der Waals surface area contributed by atoms with Crippen molar-refractivity contribution in [2.24, 2.45) is 7.05 Å². The number of nitrogens with zero attached hydrogens (tertiary/aromatic N) is 2. The summed E-state index contributed by atoms with van der Waals surface area (Å²) in [5.74, 6) is 0.00571. The van der Waals surface area contributed by atoms with Gasteiger partial charge in [0, 0.05) is 18.5 Å². The Morgan fingerprint density at radius 3 is 2.78 bits per heavy atom. The number of hydrogen-bond acceptors (Lipinski definition) is 3. The molecule has 23 heavy (non-hydrogen) atoms. The minimum absolute atomic E-state index is 0.00571. The molecule has 3 rings (SSSR count). The van der Waals surface area contributed by atoms with E-state index in [-0.39, 0.29) is 11.9 Å². The summed E-state index contributed by atoms with van der Waals surface area (Å²) in [7, 11) is 1.91. The molecule has 0 saturated carbocycles. The van der Waals surface area contributed by atoms with Crippen molar-refractivity contribution in [1.29, 1.82) is 0 Å². The highest BCUT2D eigenvalue weighted by atomic mass is 32.1. The molecule has 1 atom stereocenters. The van der Waals surface area contributed by atoms with Crippen molar-refractivity contribution >= 4 is 27.5 Å². The first-order valence-corrected chi connectivity index (χ1v) is 8.64. The largest absolute Gasteiger partial charge is 0.349 e. The molecule has 0 radical (unpaired) electrons. The maximum atomic E-state index is 12.4. The quantitative estimate of drug-likeness (QED) is 0.777. The van der Waals surface area contributed by atoms with E-state index in [1.165, 1.54) is 16.9 Å². The fourth-order valence-corrected chi connectivity index (χ4v) is 3.74. The Morgan fingerprint density at radius 1 is 1.35 bits per heavy atom. The van der Waals surface area contributed by atoms with Gasteiger partial charge in [-0.3, -0.25) is 9.48 Å².